The van der Waals surface area contributed by atoms with Crippen LogP contribution in [0, 0.1) is 0 Å². The normalized spacial score (nSPS) is 10.4. The van der Waals surface area contributed by atoms with Gasteiger partial charge in [0, 0.05) is 12.2 Å². The number of hydrogen-bond acceptors (Lipinski definition) is 2. The maximum atomic E-state index is 9.55. The number of aliphatic carboxylic acids is 2. The van der Waals surface area contributed by atoms with Crippen LogP contribution in [0.2, 0.25) is 0 Å². The van der Waals surface area contributed by atoms with E-state index in [9.17, 15) is 9.59 Å². The average Bonchev–Trinajstić information content (AvgIpc) is 2.28. The summed E-state index contributed by atoms with van der Waals surface area (Å²) in [4.78, 5) is 19.1. The van der Waals surface area contributed by atoms with Gasteiger partial charge in [0.1, 0.15) is 0 Å². The number of rotatable bonds is 8. The van der Waals surface area contributed by atoms with Crippen molar-refractivity contribution in [3.05, 3.63) is 12.2 Å². The van der Waals surface area contributed by atoms with E-state index in [0.29, 0.717) is 12.2 Å². The Morgan fingerprint density at radius 2 is 1.15 bits per heavy atom. The van der Waals surface area contributed by atoms with Crippen molar-refractivity contribution in [3.63, 3.8) is 0 Å². The first-order valence-corrected chi connectivity index (χ1v) is 6.78. The van der Waals surface area contributed by atoms with Crippen molar-refractivity contribution in [1.29, 1.82) is 0 Å². The van der Waals surface area contributed by atoms with Gasteiger partial charge < -0.3 is 16.1 Å². The Hall–Kier alpha value is 0.276. The zero-order valence-electron chi connectivity index (χ0n) is 14.6. The molecular formula is C14H29KNO4+. The van der Waals surface area contributed by atoms with Gasteiger partial charge in [-0.15, -0.1) is 0 Å². The Morgan fingerprint density at radius 1 is 0.900 bits per heavy atom. The van der Waals surface area contributed by atoms with E-state index in [4.69, 9.17) is 10.2 Å². The van der Waals surface area contributed by atoms with Gasteiger partial charge in [0.2, 0.25) is 0 Å². The van der Waals surface area contributed by atoms with Gasteiger partial charge in [-0.3, -0.25) is 0 Å². The Bertz CT molecular complexity index is 266. The molecule has 0 unspecified atom stereocenters. The molecule has 0 bridgehead atoms. The van der Waals surface area contributed by atoms with Gasteiger partial charge in [-0.1, -0.05) is 20.8 Å². The molecule has 0 aromatic heterocycles. The first kappa shape index (κ1) is 25.2. The summed E-state index contributed by atoms with van der Waals surface area (Å²) >= 11 is 0. The van der Waals surface area contributed by atoms with E-state index in [1.807, 2.05) is 0 Å². The summed E-state index contributed by atoms with van der Waals surface area (Å²) in [6.45, 7) is 10.9. The van der Waals surface area contributed by atoms with Gasteiger partial charge in [-0.2, -0.15) is 0 Å². The maximum Gasteiger partial charge on any atom is 1.00 e. The summed E-state index contributed by atoms with van der Waals surface area (Å²) in [5.74, 6) is -2.51. The molecule has 0 aliphatic rings. The van der Waals surface area contributed by atoms with Crippen LogP contribution in [-0.2, 0) is 9.59 Å². The fraction of sp³-hybridized carbons (Fsp3) is 0.714. The molecule has 0 spiro atoms. The molecule has 0 aliphatic heterocycles. The molecule has 5 nitrogen and oxygen atoms in total. The average molecular weight is 314 g/mol. The van der Waals surface area contributed by atoms with Crippen molar-refractivity contribution in [3.8, 4) is 0 Å². The van der Waals surface area contributed by atoms with Gasteiger partial charge >= 0.3 is 63.3 Å². The molecule has 0 radical (unpaired) electrons. The molecular weight excluding hydrogens is 285 g/mol. The fourth-order valence-corrected chi connectivity index (χ4v) is 2.10. The van der Waals surface area contributed by atoms with Crippen molar-refractivity contribution < 1.29 is 77.1 Å². The standard InChI is InChI=1S/C10H24N.C4H4O4.K.H/c1-5-8-11(4,9-6-2)10-7-3;5-3(6)1-2-4(7)8;;/h5-10H2,1-4H3;1-2H,(H,5,6)(H,7,8);;/q+1;;+1;-1/b;2-1-;;. The van der Waals surface area contributed by atoms with Gasteiger partial charge in [0.05, 0.1) is 26.7 Å². The number of carboxylic acid groups (broad SMARTS) is 2. The molecule has 0 aromatic rings. The second-order valence-electron chi connectivity index (χ2n) is 4.80. The minimum atomic E-state index is -1.26. The summed E-state index contributed by atoms with van der Waals surface area (Å²) in [6.07, 6.45) is 5.06. The molecule has 0 amide bonds. The van der Waals surface area contributed by atoms with Crippen LogP contribution in [-0.4, -0.2) is 53.3 Å². The third-order valence-corrected chi connectivity index (χ3v) is 2.66. The molecule has 0 rings (SSSR count). The smallest absolute Gasteiger partial charge is 1.00 e. The number of quaternary nitrogens is 1. The van der Waals surface area contributed by atoms with Crippen LogP contribution in [0.3, 0.4) is 0 Å². The summed E-state index contributed by atoms with van der Waals surface area (Å²) < 4.78 is 1.28. The van der Waals surface area contributed by atoms with Crippen LogP contribution >= 0.6 is 0 Å². The maximum absolute atomic E-state index is 9.55. The zero-order chi connectivity index (χ0) is 15.3. The Kier molecular flexibility index (Phi) is 19.8. The molecule has 6 heteroatoms. The van der Waals surface area contributed by atoms with Crippen LogP contribution in [0.1, 0.15) is 41.5 Å². The predicted molar refractivity (Wildman–Crippen MR) is 77.2 cm³/mol. The number of hydrogen-bond donors (Lipinski definition) is 2. The SMILES string of the molecule is CCC[N+](C)(CCC)CCC.O=C(O)/C=C\C(=O)O.[H-].[K+]. The van der Waals surface area contributed by atoms with Gasteiger partial charge in [-0.05, 0) is 19.3 Å². The summed E-state index contributed by atoms with van der Waals surface area (Å²) in [7, 11) is 2.39. The molecule has 114 valence electrons. The van der Waals surface area contributed by atoms with E-state index < -0.39 is 11.9 Å². The zero-order valence-corrected chi connectivity index (χ0v) is 16.7. The van der Waals surface area contributed by atoms with Crippen molar-refractivity contribution in [2.24, 2.45) is 0 Å². The topological polar surface area (TPSA) is 74.6 Å². The van der Waals surface area contributed by atoms with Crippen LogP contribution in [0.25, 0.3) is 0 Å². The third kappa shape index (κ3) is 18.3. The van der Waals surface area contributed by atoms with Gasteiger partial charge in [0.25, 0.3) is 0 Å². The Balaban J connectivity index is -0.000000131. The van der Waals surface area contributed by atoms with E-state index in [-0.39, 0.29) is 52.8 Å². The van der Waals surface area contributed by atoms with Crippen LogP contribution < -0.4 is 51.4 Å². The largest absolute Gasteiger partial charge is 1.00 e. The van der Waals surface area contributed by atoms with Crippen LogP contribution in [0.4, 0.5) is 0 Å². The van der Waals surface area contributed by atoms with E-state index in [1.165, 1.54) is 43.4 Å². The van der Waals surface area contributed by atoms with E-state index >= 15 is 0 Å². The Morgan fingerprint density at radius 3 is 1.30 bits per heavy atom. The molecule has 0 heterocycles. The molecule has 2 N–H and O–H groups in total. The first-order chi connectivity index (χ1) is 8.81. The van der Waals surface area contributed by atoms with E-state index in [2.05, 4.69) is 27.8 Å². The summed E-state index contributed by atoms with van der Waals surface area (Å²) in [5, 5.41) is 15.6. The molecule has 0 atom stereocenters. The molecule has 0 saturated carbocycles. The van der Waals surface area contributed by atoms with Crippen LogP contribution in [0.15, 0.2) is 12.2 Å². The molecule has 0 saturated heterocycles. The van der Waals surface area contributed by atoms with Gasteiger partial charge in [-0.25, -0.2) is 9.59 Å². The molecule has 0 fully saturated rings. The van der Waals surface area contributed by atoms with Crippen molar-refractivity contribution >= 4 is 11.9 Å². The molecule has 0 aromatic carbocycles. The second kappa shape index (κ2) is 15.7. The summed E-state index contributed by atoms with van der Waals surface area (Å²) in [6, 6.07) is 0. The predicted octanol–water partition coefficient (Wildman–Crippen LogP) is -0.509. The molecule has 20 heavy (non-hydrogen) atoms. The number of nitrogens with zero attached hydrogens (tertiary/aromatic N) is 1. The quantitative estimate of drug-likeness (QED) is 0.360. The Labute approximate surface area is 166 Å². The fourth-order valence-electron chi connectivity index (χ4n) is 2.10. The minimum absolute atomic E-state index is 0. The van der Waals surface area contributed by atoms with Crippen molar-refractivity contribution in [2.45, 2.75) is 40.0 Å². The monoisotopic (exact) mass is 314 g/mol. The second-order valence-corrected chi connectivity index (χ2v) is 4.80. The van der Waals surface area contributed by atoms with Gasteiger partial charge in [0.15, 0.2) is 0 Å². The van der Waals surface area contributed by atoms with E-state index in [0.717, 1.165) is 0 Å². The number of carbonyl (C=O) groups is 2. The first-order valence-electron chi connectivity index (χ1n) is 6.78. The minimum Gasteiger partial charge on any atom is -1.00 e. The van der Waals surface area contributed by atoms with Crippen molar-refractivity contribution in [1.82, 2.24) is 0 Å². The van der Waals surface area contributed by atoms with Crippen molar-refractivity contribution in [2.75, 3.05) is 26.7 Å². The number of carboxylic acids is 2. The summed E-state index contributed by atoms with van der Waals surface area (Å²) in [5.41, 5.74) is 0. The van der Waals surface area contributed by atoms with Crippen LogP contribution in [0.5, 0.6) is 0 Å². The third-order valence-electron chi connectivity index (χ3n) is 2.66. The van der Waals surface area contributed by atoms with E-state index in [1.54, 1.807) is 0 Å². The molecule has 0 aliphatic carbocycles.